The summed E-state index contributed by atoms with van der Waals surface area (Å²) in [5, 5.41) is 72.2. The van der Waals surface area contributed by atoms with Gasteiger partial charge in [0.1, 0.15) is 54.9 Å². The van der Waals surface area contributed by atoms with E-state index < -0.39 is 80.7 Å². The van der Waals surface area contributed by atoms with Crippen LogP contribution in [0.2, 0.25) is 0 Å². The second kappa shape index (κ2) is 44.3. The van der Waals surface area contributed by atoms with Crippen LogP contribution in [0, 0.1) is 0 Å². The summed E-state index contributed by atoms with van der Waals surface area (Å²) >= 11 is 0. The van der Waals surface area contributed by atoms with Gasteiger partial charge in [0.2, 0.25) is 0 Å². The highest BCUT2D eigenvalue weighted by atomic mass is 16.7. The Bertz CT molecular complexity index is 1360. The summed E-state index contributed by atoms with van der Waals surface area (Å²) in [4.78, 5) is 13.0. The van der Waals surface area contributed by atoms with Crippen LogP contribution in [0.5, 0.6) is 0 Å². The topological polar surface area (TPSA) is 214 Å². The molecule has 2 aliphatic heterocycles. The van der Waals surface area contributed by atoms with E-state index in [1.54, 1.807) is 0 Å². The van der Waals surface area contributed by atoms with Crippen molar-refractivity contribution in [1.29, 1.82) is 0 Å². The summed E-state index contributed by atoms with van der Waals surface area (Å²) in [7, 11) is 0. The van der Waals surface area contributed by atoms with Gasteiger partial charge >= 0.3 is 5.97 Å². The molecule has 0 bridgehead atoms. The fourth-order valence-corrected chi connectivity index (χ4v) is 8.70. The van der Waals surface area contributed by atoms with E-state index in [2.05, 4.69) is 62.5 Å². The van der Waals surface area contributed by atoms with Crippen molar-refractivity contribution < 1.29 is 69.0 Å². The lowest BCUT2D eigenvalue weighted by Crippen LogP contribution is -2.61. The molecule has 71 heavy (non-hydrogen) atoms. The van der Waals surface area contributed by atoms with E-state index in [1.165, 1.54) is 103 Å². The van der Waals surface area contributed by atoms with Crippen LogP contribution in [0.15, 0.2) is 48.6 Å². The molecule has 2 aliphatic rings. The Labute approximate surface area is 429 Å². The van der Waals surface area contributed by atoms with E-state index >= 15 is 0 Å². The van der Waals surface area contributed by atoms with Crippen LogP contribution in [-0.4, -0.2) is 142 Å². The Morgan fingerprint density at radius 1 is 0.465 bits per heavy atom. The first-order valence-electron chi connectivity index (χ1n) is 28.2. The Hall–Kier alpha value is -2.05. The zero-order chi connectivity index (χ0) is 51.6. The maximum atomic E-state index is 13.0. The van der Waals surface area contributed by atoms with E-state index in [0.717, 1.165) is 77.0 Å². The van der Waals surface area contributed by atoms with Gasteiger partial charge in [-0.05, 0) is 77.0 Å². The molecule has 0 radical (unpaired) electrons. The van der Waals surface area contributed by atoms with Gasteiger partial charge in [0, 0.05) is 13.0 Å². The lowest BCUT2D eigenvalue weighted by Gasteiger charge is -2.42. The molecule has 2 heterocycles. The highest BCUT2D eigenvalue weighted by Gasteiger charge is 2.47. The van der Waals surface area contributed by atoms with Crippen LogP contribution in [-0.2, 0) is 33.2 Å². The van der Waals surface area contributed by atoms with E-state index in [9.17, 15) is 40.5 Å². The molecular formula is C57H102O14. The Kier molecular flexibility index (Phi) is 40.6. The standard InChI is InChI=1S/C57H102O14/c1-3-5-7-9-11-13-15-17-18-19-20-21-22-23-24-25-26-27-29-31-33-35-37-39-41-66-43-46(69-49(59)40-38-36-34-32-30-28-16-14-12-10-8-6-4-2)44-67-56-55(65)53(63)51(61)48(71-56)45-68-57-54(64)52(62)50(60)47(42-58)70-57/h14-17,19-20,22-23,46-48,50-58,60-65H,3-13,18,21,24-45H2,1-2H3/b16-14-,17-15-,20-19-,23-22-. The fourth-order valence-electron chi connectivity index (χ4n) is 8.70. The van der Waals surface area contributed by atoms with Crippen molar-refractivity contribution in [2.75, 3.05) is 33.0 Å². The molecule has 0 aromatic heterocycles. The smallest absolute Gasteiger partial charge is 0.306 e. The Morgan fingerprint density at radius 2 is 0.873 bits per heavy atom. The van der Waals surface area contributed by atoms with Crippen molar-refractivity contribution in [2.24, 2.45) is 0 Å². The average molecular weight is 1010 g/mol. The third-order valence-corrected chi connectivity index (χ3v) is 13.3. The minimum atomic E-state index is -1.71. The maximum Gasteiger partial charge on any atom is 0.306 e. The van der Waals surface area contributed by atoms with Crippen LogP contribution in [0.4, 0.5) is 0 Å². The van der Waals surface area contributed by atoms with Gasteiger partial charge in [-0.2, -0.15) is 0 Å². The molecule has 0 amide bonds. The van der Waals surface area contributed by atoms with Crippen molar-refractivity contribution in [2.45, 2.75) is 274 Å². The summed E-state index contributed by atoms with van der Waals surface area (Å²) in [6, 6.07) is 0. The van der Waals surface area contributed by atoms with Gasteiger partial charge in [-0.3, -0.25) is 4.79 Å². The Morgan fingerprint density at radius 3 is 1.39 bits per heavy atom. The van der Waals surface area contributed by atoms with Gasteiger partial charge in [0.05, 0.1) is 26.4 Å². The molecule has 2 saturated heterocycles. The van der Waals surface area contributed by atoms with E-state index in [1.807, 2.05) is 0 Å². The molecule has 0 aromatic carbocycles. The van der Waals surface area contributed by atoms with Crippen LogP contribution >= 0.6 is 0 Å². The first-order chi connectivity index (χ1) is 34.6. The van der Waals surface area contributed by atoms with Crippen molar-refractivity contribution in [3.05, 3.63) is 48.6 Å². The van der Waals surface area contributed by atoms with Crippen LogP contribution in [0.1, 0.15) is 206 Å². The summed E-state index contributed by atoms with van der Waals surface area (Å²) in [5.41, 5.74) is 0. The van der Waals surface area contributed by atoms with Gasteiger partial charge in [0.25, 0.3) is 0 Å². The number of esters is 1. The van der Waals surface area contributed by atoms with Crippen molar-refractivity contribution in [3.63, 3.8) is 0 Å². The number of rotatable bonds is 45. The number of aliphatic hydroxyl groups is 7. The molecule has 14 nitrogen and oxygen atoms in total. The molecule has 11 unspecified atom stereocenters. The molecule has 414 valence electrons. The van der Waals surface area contributed by atoms with Gasteiger partial charge in [-0.1, -0.05) is 172 Å². The van der Waals surface area contributed by atoms with Crippen LogP contribution in [0.25, 0.3) is 0 Å². The quantitative estimate of drug-likeness (QED) is 0.0172. The summed E-state index contributed by atoms with van der Waals surface area (Å²) in [5.74, 6) is -0.388. The van der Waals surface area contributed by atoms with Crippen molar-refractivity contribution >= 4 is 5.97 Å². The maximum absolute atomic E-state index is 13.0. The number of unbranched alkanes of at least 4 members (excludes halogenated alkanes) is 23. The monoisotopic (exact) mass is 1010 g/mol. The molecule has 14 heteroatoms. The summed E-state index contributed by atoms with van der Waals surface area (Å²) < 4.78 is 34.3. The number of allylic oxidation sites excluding steroid dienone is 8. The number of hydrogen-bond donors (Lipinski definition) is 7. The molecule has 0 spiro atoms. The highest BCUT2D eigenvalue weighted by molar-refractivity contribution is 5.69. The highest BCUT2D eigenvalue weighted by Crippen LogP contribution is 2.26. The predicted octanol–water partition coefficient (Wildman–Crippen LogP) is 9.52. The predicted molar refractivity (Wildman–Crippen MR) is 279 cm³/mol. The van der Waals surface area contributed by atoms with Gasteiger partial charge in [-0.15, -0.1) is 0 Å². The number of hydrogen-bond acceptors (Lipinski definition) is 14. The molecule has 0 aromatic rings. The lowest BCUT2D eigenvalue weighted by molar-refractivity contribution is -0.332. The van der Waals surface area contributed by atoms with Gasteiger partial charge in [0.15, 0.2) is 12.6 Å². The summed E-state index contributed by atoms with van der Waals surface area (Å²) in [6.45, 7) is 3.64. The minimum absolute atomic E-state index is 0.0539. The second-order valence-electron chi connectivity index (χ2n) is 19.8. The third-order valence-electron chi connectivity index (χ3n) is 13.3. The second-order valence-corrected chi connectivity index (χ2v) is 19.8. The number of carbonyl (C=O) groups excluding carboxylic acids is 1. The summed E-state index contributed by atoms with van der Waals surface area (Å²) in [6.07, 6.45) is 36.0. The normalized spacial score (nSPS) is 25.6. The molecule has 0 saturated carbocycles. The molecule has 7 N–H and O–H groups in total. The van der Waals surface area contributed by atoms with E-state index in [0.29, 0.717) is 13.0 Å². The molecule has 11 atom stereocenters. The zero-order valence-electron chi connectivity index (χ0n) is 44.2. The average Bonchev–Trinajstić information content (AvgIpc) is 3.37. The third kappa shape index (κ3) is 31.4. The number of ether oxygens (including phenoxy) is 6. The van der Waals surface area contributed by atoms with E-state index in [-0.39, 0.29) is 25.6 Å². The number of carbonyl (C=O) groups is 1. The van der Waals surface area contributed by atoms with Gasteiger partial charge < -0.3 is 64.2 Å². The number of aliphatic hydroxyl groups excluding tert-OH is 7. The van der Waals surface area contributed by atoms with Crippen molar-refractivity contribution in [3.8, 4) is 0 Å². The fraction of sp³-hybridized carbons (Fsp3) is 0.842. The molecule has 2 fully saturated rings. The zero-order valence-corrected chi connectivity index (χ0v) is 44.2. The van der Waals surface area contributed by atoms with Crippen LogP contribution in [0.3, 0.4) is 0 Å². The first kappa shape index (κ1) is 65.1. The Balaban J connectivity index is 1.71. The van der Waals surface area contributed by atoms with Crippen molar-refractivity contribution in [1.82, 2.24) is 0 Å². The van der Waals surface area contributed by atoms with E-state index in [4.69, 9.17) is 28.4 Å². The van der Waals surface area contributed by atoms with Gasteiger partial charge in [-0.25, -0.2) is 0 Å². The first-order valence-corrected chi connectivity index (χ1v) is 28.2. The molecule has 0 aliphatic carbocycles. The molecular weight excluding hydrogens is 909 g/mol. The van der Waals surface area contributed by atoms with Crippen LogP contribution < -0.4 is 0 Å². The molecule has 2 rings (SSSR count). The SMILES string of the molecule is CCCCCC/C=C\CCCCCCCC(=O)OC(COCCCCCCCCCCC/C=C\C/C=C\C/C=C\CCCCCCC)COC1OC(COC2OC(CO)C(O)C(O)C2O)C(O)C(O)C1O. The largest absolute Gasteiger partial charge is 0.457 e. The lowest BCUT2D eigenvalue weighted by atomic mass is 9.98. The minimum Gasteiger partial charge on any atom is -0.457 e.